The Morgan fingerprint density at radius 1 is 1.11 bits per heavy atom. The summed E-state index contributed by atoms with van der Waals surface area (Å²) >= 11 is 10.1. The number of piperidine rings is 1. The van der Waals surface area contributed by atoms with Gasteiger partial charge in [-0.2, -0.15) is 4.98 Å². The van der Waals surface area contributed by atoms with Crippen molar-refractivity contribution in [1.82, 2.24) is 24.5 Å². The van der Waals surface area contributed by atoms with Crippen molar-refractivity contribution < 1.29 is 4.39 Å². The average Bonchev–Trinajstić information content (AvgIpc) is 2.86. The lowest BCUT2D eigenvalue weighted by atomic mass is 9.95. The molecule has 0 radical (unpaired) electrons. The van der Waals surface area contributed by atoms with Crippen LogP contribution in [0.4, 0.5) is 10.2 Å². The van der Waals surface area contributed by atoms with Gasteiger partial charge in [0.1, 0.15) is 11.6 Å². The first-order chi connectivity index (χ1) is 18.1. The molecule has 2 atom stereocenters. The maximum atomic E-state index is 14.9. The number of hydrogen-bond acceptors (Lipinski definition) is 6. The van der Waals surface area contributed by atoms with Gasteiger partial charge in [-0.1, -0.05) is 44.5 Å². The lowest BCUT2D eigenvalue weighted by Crippen LogP contribution is -2.43. The van der Waals surface area contributed by atoms with Crippen LogP contribution in [-0.2, 0) is 0 Å². The quantitative estimate of drug-likeness (QED) is 0.239. The van der Waals surface area contributed by atoms with Crippen LogP contribution in [0.15, 0.2) is 39.9 Å². The molecule has 0 spiro atoms. The summed E-state index contributed by atoms with van der Waals surface area (Å²) < 4.78 is 16.8. The fourth-order valence-corrected chi connectivity index (χ4v) is 5.90. The summed E-state index contributed by atoms with van der Waals surface area (Å²) in [4.78, 5) is 34.6. The first-order valence-corrected chi connectivity index (χ1v) is 13.9. The number of hydrogen-bond donors (Lipinski definition) is 0. The highest BCUT2D eigenvalue weighted by molar-refractivity contribution is 9.10. The van der Waals surface area contributed by atoms with E-state index in [1.165, 1.54) is 10.6 Å². The Labute approximate surface area is 234 Å². The summed E-state index contributed by atoms with van der Waals surface area (Å²) in [5.74, 6) is 0.512. The molecule has 10 heteroatoms. The topological polar surface area (TPSA) is 76.8 Å². The van der Waals surface area contributed by atoms with Gasteiger partial charge in [0, 0.05) is 18.2 Å². The predicted molar refractivity (Wildman–Crippen MR) is 153 cm³/mol. The van der Waals surface area contributed by atoms with Gasteiger partial charge in [0.05, 0.1) is 33.2 Å². The highest BCUT2D eigenvalue weighted by Crippen LogP contribution is 2.37. The van der Waals surface area contributed by atoms with E-state index in [4.69, 9.17) is 16.6 Å². The van der Waals surface area contributed by atoms with Crippen LogP contribution >= 0.6 is 27.5 Å². The van der Waals surface area contributed by atoms with E-state index >= 15 is 0 Å². The molecule has 38 heavy (non-hydrogen) atoms. The minimum atomic E-state index is -0.497. The van der Waals surface area contributed by atoms with E-state index in [0.717, 1.165) is 19.4 Å². The smallest absolute Gasteiger partial charge is 0.353 e. The van der Waals surface area contributed by atoms with Gasteiger partial charge < -0.3 is 4.90 Å². The van der Waals surface area contributed by atoms with Crippen LogP contribution in [0.5, 0.6) is 0 Å². The SMILES string of the molecule is Cc1nc(Br)nc(C(C)C)c1-n1c(=O)nc(N2C[C@@H](C)CC[C@@H]2C)c2cc(Cl)c(-c3ccccc3F)nc21. The second-order valence-electron chi connectivity index (χ2n) is 10.4. The fraction of sp³-hybridized carbons (Fsp3) is 0.393. The van der Waals surface area contributed by atoms with Crippen molar-refractivity contribution in [2.75, 3.05) is 11.4 Å². The van der Waals surface area contributed by atoms with E-state index in [9.17, 15) is 9.18 Å². The van der Waals surface area contributed by atoms with Gasteiger partial charge in [-0.25, -0.2) is 28.7 Å². The molecule has 1 saturated heterocycles. The van der Waals surface area contributed by atoms with Gasteiger partial charge in [-0.3, -0.25) is 0 Å². The second-order valence-corrected chi connectivity index (χ2v) is 11.5. The van der Waals surface area contributed by atoms with Crippen molar-refractivity contribution in [3.8, 4) is 16.9 Å². The van der Waals surface area contributed by atoms with E-state index in [2.05, 4.69) is 49.6 Å². The molecule has 0 N–H and O–H groups in total. The Balaban J connectivity index is 1.91. The third-order valence-corrected chi connectivity index (χ3v) is 7.79. The lowest BCUT2D eigenvalue weighted by Gasteiger charge is -2.38. The normalized spacial score (nSPS) is 18.0. The van der Waals surface area contributed by atoms with Gasteiger partial charge in [-0.05, 0) is 72.7 Å². The predicted octanol–water partition coefficient (Wildman–Crippen LogP) is 6.85. The Hall–Kier alpha value is -2.91. The van der Waals surface area contributed by atoms with Gasteiger partial charge in [0.2, 0.25) is 0 Å². The molecule has 1 aliphatic heterocycles. The maximum Gasteiger partial charge on any atom is 0.355 e. The second kappa shape index (κ2) is 10.3. The number of pyridine rings is 1. The molecule has 4 heterocycles. The van der Waals surface area contributed by atoms with E-state index in [-0.39, 0.29) is 28.2 Å². The van der Waals surface area contributed by atoms with Crippen molar-refractivity contribution in [3.63, 3.8) is 0 Å². The molecule has 7 nitrogen and oxygen atoms in total. The molecule has 4 aromatic rings. The minimum absolute atomic E-state index is 0.0223. The number of rotatable bonds is 4. The molecule has 3 aromatic heterocycles. The van der Waals surface area contributed by atoms with Crippen LogP contribution in [0.25, 0.3) is 28.0 Å². The first kappa shape index (κ1) is 26.7. The molecule has 198 valence electrons. The maximum absolute atomic E-state index is 14.9. The summed E-state index contributed by atoms with van der Waals surface area (Å²) in [6.45, 7) is 10.9. The van der Waals surface area contributed by atoms with Crippen LogP contribution in [-0.4, -0.2) is 37.1 Å². The average molecular weight is 600 g/mol. The molecule has 0 aliphatic carbocycles. The Bertz CT molecular complexity index is 1610. The van der Waals surface area contributed by atoms with E-state index < -0.39 is 11.5 Å². The highest BCUT2D eigenvalue weighted by atomic mass is 79.9. The number of anilines is 1. The fourth-order valence-electron chi connectivity index (χ4n) is 5.18. The van der Waals surface area contributed by atoms with Crippen LogP contribution < -0.4 is 10.6 Å². The first-order valence-electron chi connectivity index (χ1n) is 12.8. The monoisotopic (exact) mass is 598 g/mol. The van der Waals surface area contributed by atoms with Crippen molar-refractivity contribution >= 4 is 44.4 Å². The third kappa shape index (κ3) is 4.71. The molecule has 5 rings (SSSR count). The zero-order chi connectivity index (χ0) is 27.3. The number of fused-ring (bicyclic) bond motifs is 1. The number of halogens is 3. The number of nitrogens with zero attached hydrogens (tertiary/aromatic N) is 6. The molecule has 0 bridgehead atoms. The number of aryl methyl sites for hydroxylation is 1. The van der Waals surface area contributed by atoms with Gasteiger partial charge in [0.15, 0.2) is 10.4 Å². The Morgan fingerprint density at radius 2 is 1.84 bits per heavy atom. The number of aromatic nitrogens is 5. The standard InChI is InChI=1S/C28H29BrClFN6O/c1-14(2)22-24(17(5)32-27(29)34-22)37-26-19(12-20(30)23(33-26)18-8-6-7-9-21(18)31)25(35-28(37)38)36-13-15(3)10-11-16(36)4/h6-9,12,14-16H,10-11,13H2,1-5H3/t15-,16-/m0/s1. The summed E-state index contributed by atoms with van der Waals surface area (Å²) in [5.41, 5.74) is 2.14. The van der Waals surface area contributed by atoms with Crippen LogP contribution in [0.1, 0.15) is 57.8 Å². The van der Waals surface area contributed by atoms with Gasteiger partial charge in [0.25, 0.3) is 0 Å². The molecule has 0 amide bonds. The van der Waals surface area contributed by atoms with Crippen molar-refractivity contribution in [3.05, 3.63) is 67.8 Å². The summed E-state index contributed by atoms with van der Waals surface area (Å²) in [5, 5.41) is 0.897. The molecule has 1 aliphatic rings. The summed E-state index contributed by atoms with van der Waals surface area (Å²) in [6, 6.07) is 8.27. The van der Waals surface area contributed by atoms with E-state index in [1.807, 2.05) is 20.8 Å². The Morgan fingerprint density at radius 3 is 2.55 bits per heavy atom. The van der Waals surface area contributed by atoms with Gasteiger partial charge >= 0.3 is 5.69 Å². The van der Waals surface area contributed by atoms with Crippen LogP contribution in [0, 0.1) is 18.7 Å². The van der Waals surface area contributed by atoms with Crippen LogP contribution in [0.3, 0.4) is 0 Å². The molecular weight excluding hydrogens is 571 g/mol. The lowest BCUT2D eigenvalue weighted by molar-refractivity contribution is 0.388. The molecule has 0 unspecified atom stereocenters. The molecule has 1 fully saturated rings. The number of benzene rings is 1. The zero-order valence-corrected chi connectivity index (χ0v) is 24.3. The highest BCUT2D eigenvalue weighted by Gasteiger charge is 2.29. The largest absolute Gasteiger partial charge is 0.355 e. The summed E-state index contributed by atoms with van der Waals surface area (Å²) in [7, 11) is 0. The molecule has 1 aromatic carbocycles. The van der Waals surface area contributed by atoms with Crippen LogP contribution in [0.2, 0.25) is 5.02 Å². The Kier molecular flexibility index (Phi) is 7.26. The van der Waals surface area contributed by atoms with E-state index in [1.54, 1.807) is 24.3 Å². The minimum Gasteiger partial charge on any atom is -0.353 e. The zero-order valence-electron chi connectivity index (χ0n) is 22.0. The summed E-state index contributed by atoms with van der Waals surface area (Å²) in [6.07, 6.45) is 2.09. The van der Waals surface area contributed by atoms with Crippen molar-refractivity contribution in [2.24, 2.45) is 5.92 Å². The van der Waals surface area contributed by atoms with E-state index in [0.29, 0.717) is 44.6 Å². The van der Waals surface area contributed by atoms with Crippen molar-refractivity contribution in [1.29, 1.82) is 0 Å². The molecule has 0 saturated carbocycles. The van der Waals surface area contributed by atoms with Gasteiger partial charge in [-0.15, -0.1) is 0 Å². The molecular formula is C28H29BrClFN6O. The van der Waals surface area contributed by atoms with Crippen molar-refractivity contribution in [2.45, 2.75) is 59.4 Å². The third-order valence-electron chi connectivity index (χ3n) is 7.15.